The van der Waals surface area contributed by atoms with Gasteiger partial charge in [0.25, 0.3) is 0 Å². The Morgan fingerprint density at radius 2 is 2.04 bits per heavy atom. The minimum absolute atomic E-state index is 0.238. The zero-order valence-corrected chi connectivity index (χ0v) is 15.0. The van der Waals surface area contributed by atoms with Crippen LogP contribution in [0.15, 0.2) is 46.9 Å². The minimum atomic E-state index is 0.238. The van der Waals surface area contributed by atoms with Crippen molar-refractivity contribution in [1.29, 1.82) is 0 Å². The summed E-state index contributed by atoms with van der Waals surface area (Å²) in [5, 5.41) is 13.0. The highest BCUT2D eigenvalue weighted by Crippen LogP contribution is 2.45. The minimum Gasteiger partial charge on any atom is -0.298 e. The fraction of sp³-hybridized carbons (Fsp3) is 0.294. The molecule has 1 fully saturated rings. The molecular formula is C17H16ClN3S2. The molecular weight excluding hydrogens is 346 g/mol. The van der Waals surface area contributed by atoms with Crippen LogP contribution < -0.4 is 0 Å². The van der Waals surface area contributed by atoms with Gasteiger partial charge in [-0.25, -0.2) is 0 Å². The van der Waals surface area contributed by atoms with Gasteiger partial charge in [0.15, 0.2) is 11.0 Å². The topological polar surface area (TPSA) is 30.7 Å². The lowest BCUT2D eigenvalue weighted by atomic mass is 10.2. The molecule has 0 radical (unpaired) electrons. The van der Waals surface area contributed by atoms with Crippen LogP contribution in [-0.2, 0) is 0 Å². The summed E-state index contributed by atoms with van der Waals surface area (Å²) in [6, 6.07) is 12.7. The van der Waals surface area contributed by atoms with E-state index >= 15 is 0 Å². The van der Waals surface area contributed by atoms with E-state index in [1.807, 2.05) is 18.2 Å². The third-order valence-corrected chi connectivity index (χ3v) is 6.25. The summed E-state index contributed by atoms with van der Waals surface area (Å²) in [4.78, 5) is 1.18. The van der Waals surface area contributed by atoms with Crippen molar-refractivity contribution in [3.63, 3.8) is 0 Å². The third-order valence-electron chi connectivity index (χ3n) is 3.94. The SMILES string of the molecule is C[C@@H](Sc1nnc(-c2cccs2)n1C1CC1)c1ccccc1Cl. The van der Waals surface area contributed by atoms with E-state index in [2.05, 4.69) is 45.3 Å². The van der Waals surface area contributed by atoms with Crippen molar-refractivity contribution in [3.05, 3.63) is 52.4 Å². The summed E-state index contributed by atoms with van der Waals surface area (Å²) in [7, 11) is 0. The van der Waals surface area contributed by atoms with Crippen LogP contribution in [0.1, 0.15) is 36.6 Å². The molecule has 6 heteroatoms. The standard InChI is InChI=1S/C17H16ClN3S2/c1-11(13-5-2-3-6-14(13)18)23-17-20-19-16(15-7-4-10-22-15)21(17)12-8-9-12/h2-7,10-12H,8-9H2,1H3/t11-/m1/s1. The fourth-order valence-corrected chi connectivity index (χ4v) is 4.77. The summed E-state index contributed by atoms with van der Waals surface area (Å²) in [6.45, 7) is 2.17. The van der Waals surface area contributed by atoms with Crippen LogP contribution in [0.4, 0.5) is 0 Å². The van der Waals surface area contributed by atoms with Gasteiger partial charge in [0.2, 0.25) is 0 Å². The zero-order valence-electron chi connectivity index (χ0n) is 12.6. The first-order valence-corrected chi connectivity index (χ1v) is 9.77. The second-order valence-electron chi connectivity index (χ2n) is 5.67. The van der Waals surface area contributed by atoms with Crippen LogP contribution in [-0.4, -0.2) is 14.8 Å². The normalized spacial score (nSPS) is 15.7. The van der Waals surface area contributed by atoms with Crippen molar-refractivity contribution in [2.24, 2.45) is 0 Å². The Balaban J connectivity index is 1.66. The Morgan fingerprint density at radius 3 is 2.74 bits per heavy atom. The lowest BCUT2D eigenvalue weighted by Gasteiger charge is -2.14. The van der Waals surface area contributed by atoms with E-state index in [9.17, 15) is 0 Å². The van der Waals surface area contributed by atoms with E-state index in [0.717, 1.165) is 21.6 Å². The van der Waals surface area contributed by atoms with Gasteiger partial charge in [-0.05, 0) is 42.8 Å². The third kappa shape index (κ3) is 3.05. The van der Waals surface area contributed by atoms with E-state index in [1.165, 1.54) is 17.7 Å². The average molecular weight is 362 g/mol. The zero-order chi connectivity index (χ0) is 15.8. The molecule has 1 aliphatic carbocycles. The maximum Gasteiger partial charge on any atom is 0.192 e. The van der Waals surface area contributed by atoms with Crippen molar-refractivity contribution in [3.8, 4) is 10.7 Å². The van der Waals surface area contributed by atoms with E-state index in [0.29, 0.717) is 6.04 Å². The number of halogens is 1. The quantitative estimate of drug-likeness (QED) is 0.534. The van der Waals surface area contributed by atoms with Crippen LogP contribution >= 0.6 is 34.7 Å². The molecule has 2 aromatic heterocycles. The number of rotatable bonds is 5. The Labute approximate surface area is 148 Å². The smallest absolute Gasteiger partial charge is 0.192 e. The molecule has 2 heterocycles. The number of benzene rings is 1. The van der Waals surface area contributed by atoms with Gasteiger partial charge >= 0.3 is 0 Å². The predicted octanol–water partition coefficient (Wildman–Crippen LogP) is 5.85. The molecule has 0 bridgehead atoms. The molecule has 118 valence electrons. The number of aromatic nitrogens is 3. The van der Waals surface area contributed by atoms with Crippen molar-refractivity contribution in [1.82, 2.24) is 14.8 Å². The van der Waals surface area contributed by atoms with Gasteiger partial charge < -0.3 is 0 Å². The van der Waals surface area contributed by atoms with Gasteiger partial charge in [-0.15, -0.1) is 21.5 Å². The molecule has 1 aromatic carbocycles. The first-order valence-electron chi connectivity index (χ1n) is 7.64. The van der Waals surface area contributed by atoms with Gasteiger partial charge in [0.1, 0.15) is 0 Å². The predicted molar refractivity (Wildman–Crippen MR) is 97.3 cm³/mol. The van der Waals surface area contributed by atoms with E-state index in [-0.39, 0.29) is 5.25 Å². The lowest BCUT2D eigenvalue weighted by Crippen LogP contribution is -2.00. The Bertz CT molecular complexity index is 809. The highest BCUT2D eigenvalue weighted by atomic mass is 35.5. The van der Waals surface area contributed by atoms with Gasteiger partial charge in [-0.1, -0.05) is 47.6 Å². The molecule has 0 saturated heterocycles. The van der Waals surface area contributed by atoms with E-state index in [1.54, 1.807) is 23.1 Å². The summed E-state index contributed by atoms with van der Waals surface area (Å²) < 4.78 is 2.31. The second-order valence-corrected chi connectivity index (χ2v) is 8.33. The summed E-state index contributed by atoms with van der Waals surface area (Å²) in [5.41, 5.74) is 1.14. The second kappa shape index (κ2) is 6.30. The molecule has 0 aliphatic heterocycles. The molecule has 23 heavy (non-hydrogen) atoms. The van der Waals surface area contributed by atoms with Gasteiger partial charge in [-0.2, -0.15) is 0 Å². The monoisotopic (exact) mass is 361 g/mol. The summed E-state index contributed by atoms with van der Waals surface area (Å²) in [6.07, 6.45) is 2.43. The first kappa shape index (κ1) is 15.2. The van der Waals surface area contributed by atoms with Crippen molar-refractivity contribution >= 4 is 34.7 Å². The van der Waals surface area contributed by atoms with Gasteiger partial charge in [0, 0.05) is 16.3 Å². The van der Waals surface area contributed by atoms with Crippen molar-refractivity contribution in [2.75, 3.05) is 0 Å². The van der Waals surface area contributed by atoms with Gasteiger partial charge in [0.05, 0.1) is 4.88 Å². The summed E-state index contributed by atoms with van der Waals surface area (Å²) in [5.74, 6) is 0.997. The van der Waals surface area contributed by atoms with Gasteiger partial charge in [-0.3, -0.25) is 4.57 Å². The molecule has 0 N–H and O–H groups in total. The van der Waals surface area contributed by atoms with Crippen molar-refractivity contribution in [2.45, 2.75) is 36.2 Å². The highest BCUT2D eigenvalue weighted by Gasteiger charge is 2.31. The van der Waals surface area contributed by atoms with Crippen molar-refractivity contribution < 1.29 is 0 Å². The Hall–Kier alpha value is -1.30. The molecule has 3 aromatic rings. The number of hydrogen-bond donors (Lipinski definition) is 0. The summed E-state index contributed by atoms with van der Waals surface area (Å²) >= 11 is 9.78. The maximum absolute atomic E-state index is 6.33. The number of thioether (sulfide) groups is 1. The van der Waals surface area contributed by atoms with Crippen LogP contribution in [0.5, 0.6) is 0 Å². The number of thiophene rings is 1. The van der Waals surface area contributed by atoms with Crippen LogP contribution in [0.2, 0.25) is 5.02 Å². The Kier molecular flexibility index (Phi) is 4.18. The van der Waals surface area contributed by atoms with Crippen LogP contribution in [0.3, 0.4) is 0 Å². The molecule has 1 saturated carbocycles. The van der Waals surface area contributed by atoms with E-state index < -0.39 is 0 Å². The van der Waals surface area contributed by atoms with E-state index in [4.69, 9.17) is 11.6 Å². The van der Waals surface area contributed by atoms with Crippen LogP contribution in [0, 0.1) is 0 Å². The molecule has 1 aliphatic rings. The fourth-order valence-electron chi connectivity index (χ4n) is 2.62. The molecule has 0 amide bonds. The molecule has 0 unspecified atom stereocenters. The molecule has 1 atom stereocenters. The Morgan fingerprint density at radius 1 is 1.22 bits per heavy atom. The first-order chi connectivity index (χ1) is 11.2. The average Bonchev–Trinajstić information content (AvgIpc) is 3.08. The molecule has 0 spiro atoms. The molecule has 3 nitrogen and oxygen atoms in total. The number of nitrogens with zero attached hydrogens (tertiary/aromatic N) is 3. The van der Waals surface area contributed by atoms with Crippen LogP contribution in [0.25, 0.3) is 10.7 Å². The molecule has 4 rings (SSSR count). The largest absolute Gasteiger partial charge is 0.298 e. The maximum atomic E-state index is 6.33. The lowest BCUT2D eigenvalue weighted by molar-refractivity contribution is 0.668. The highest BCUT2D eigenvalue weighted by molar-refractivity contribution is 7.99. The number of hydrogen-bond acceptors (Lipinski definition) is 4.